The summed E-state index contributed by atoms with van der Waals surface area (Å²) in [7, 11) is 0. The molecule has 16 heavy (non-hydrogen) atoms. The lowest BCUT2D eigenvalue weighted by Gasteiger charge is -2.14. The van der Waals surface area contributed by atoms with E-state index in [0.717, 1.165) is 40.5 Å². The second-order valence-corrected chi connectivity index (χ2v) is 5.88. The smallest absolute Gasteiger partial charge is 0.254 e. The predicted octanol–water partition coefficient (Wildman–Crippen LogP) is 3.06. The summed E-state index contributed by atoms with van der Waals surface area (Å²) < 4.78 is 1.06. The minimum Gasteiger partial charge on any atom is -0.334 e. The summed E-state index contributed by atoms with van der Waals surface area (Å²) >= 11 is 3.45. The summed E-state index contributed by atoms with van der Waals surface area (Å²) in [6.45, 7) is 3.98. The quantitative estimate of drug-likeness (QED) is 0.815. The first-order valence-electron chi connectivity index (χ1n) is 5.73. The largest absolute Gasteiger partial charge is 0.334 e. The second-order valence-electron chi connectivity index (χ2n) is 4.96. The molecule has 0 aromatic heterocycles. The first-order chi connectivity index (χ1) is 7.65. The highest BCUT2D eigenvalue weighted by Gasteiger charge is 2.37. The van der Waals surface area contributed by atoms with E-state index in [9.17, 15) is 4.79 Å². The molecule has 1 heterocycles. The van der Waals surface area contributed by atoms with E-state index in [1.165, 1.54) is 6.42 Å². The standard InChI is InChI=1S/C13H14BrNO/c1-8-4-9(8)6-15-7-10-5-11(14)2-3-12(10)13(15)16/h2-3,5,8-9H,4,6-7H2,1H3. The number of carbonyl (C=O) groups excluding carboxylic acids is 1. The van der Waals surface area contributed by atoms with Crippen molar-refractivity contribution in [2.75, 3.05) is 6.54 Å². The van der Waals surface area contributed by atoms with Crippen molar-refractivity contribution in [3.8, 4) is 0 Å². The molecule has 0 bridgehead atoms. The van der Waals surface area contributed by atoms with Gasteiger partial charge in [0.15, 0.2) is 0 Å². The van der Waals surface area contributed by atoms with E-state index in [2.05, 4.69) is 28.9 Å². The van der Waals surface area contributed by atoms with Crippen LogP contribution in [0.4, 0.5) is 0 Å². The Labute approximate surface area is 104 Å². The van der Waals surface area contributed by atoms with Gasteiger partial charge >= 0.3 is 0 Å². The van der Waals surface area contributed by atoms with Crippen LogP contribution < -0.4 is 0 Å². The number of hydrogen-bond acceptors (Lipinski definition) is 1. The van der Waals surface area contributed by atoms with Gasteiger partial charge in [0, 0.05) is 23.1 Å². The Morgan fingerprint density at radius 1 is 1.50 bits per heavy atom. The molecule has 1 aromatic carbocycles. The molecule has 0 radical (unpaired) electrons. The van der Waals surface area contributed by atoms with Crippen molar-refractivity contribution in [2.45, 2.75) is 19.9 Å². The fraction of sp³-hybridized carbons (Fsp3) is 0.462. The Kier molecular flexibility index (Phi) is 2.32. The van der Waals surface area contributed by atoms with Gasteiger partial charge in [-0.2, -0.15) is 0 Å². The third kappa shape index (κ3) is 1.67. The molecule has 2 aliphatic rings. The number of amides is 1. The van der Waals surface area contributed by atoms with Crippen LogP contribution in [-0.2, 0) is 6.54 Å². The number of hydrogen-bond donors (Lipinski definition) is 0. The van der Waals surface area contributed by atoms with Gasteiger partial charge in [-0.15, -0.1) is 0 Å². The summed E-state index contributed by atoms with van der Waals surface area (Å²) in [5.74, 6) is 1.76. The second kappa shape index (κ2) is 3.59. The molecule has 2 nitrogen and oxygen atoms in total. The van der Waals surface area contributed by atoms with Gasteiger partial charge in [-0.1, -0.05) is 22.9 Å². The van der Waals surface area contributed by atoms with Gasteiger partial charge in [0.05, 0.1) is 0 Å². The molecule has 84 valence electrons. The van der Waals surface area contributed by atoms with Gasteiger partial charge in [0.1, 0.15) is 0 Å². The van der Waals surface area contributed by atoms with Gasteiger partial charge in [-0.25, -0.2) is 0 Å². The molecule has 1 aliphatic heterocycles. The Morgan fingerprint density at radius 2 is 2.25 bits per heavy atom. The highest BCUT2D eigenvalue weighted by Crippen LogP contribution is 2.39. The maximum atomic E-state index is 12.1. The zero-order valence-electron chi connectivity index (χ0n) is 9.24. The van der Waals surface area contributed by atoms with Crippen molar-refractivity contribution < 1.29 is 4.79 Å². The van der Waals surface area contributed by atoms with Crippen LogP contribution in [0.5, 0.6) is 0 Å². The van der Waals surface area contributed by atoms with E-state index in [4.69, 9.17) is 0 Å². The molecule has 0 spiro atoms. The van der Waals surface area contributed by atoms with Gasteiger partial charge in [-0.05, 0) is 42.0 Å². The van der Waals surface area contributed by atoms with Crippen LogP contribution >= 0.6 is 15.9 Å². The van der Waals surface area contributed by atoms with Gasteiger partial charge in [-0.3, -0.25) is 4.79 Å². The highest BCUT2D eigenvalue weighted by atomic mass is 79.9. The lowest BCUT2D eigenvalue weighted by molar-refractivity contribution is 0.0769. The van der Waals surface area contributed by atoms with E-state index in [0.29, 0.717) is 0 Å². The fourth-order valence-electron chi connectivity index (χ4n) is 2.43. The van der Waals surface area contributed by atoms with Crippen molar-refractivity contribution >= 4 is 21.8 Å². The summed E-state index contributed by atoms with van der Waals surface area (Å²) in [6.07, 6.45) is 1.28. The lowest BCUT2D eigenvalue weighted by Crippen LogP contribution is -2.26. The molecular weight excluding hydrogens is 266 g/mol. The molecule has 2 atom stereocenters. The van der Waals surface area contributed by atoms with Crippen LogP contribution in [0, 0.1) is 11.8 Å². The number of nitrogens with zero attached hydrogens (tertiary/aromatic N) is 1. The average Bonchev–Trinajstić information content (AvgIpc) is 2.83. The Morgan fingerprint density at radius 3 is 2.94 bits per heavy atom. The van der Waals surface area contributed by atoms with E-state index < -0.39 is 0 Å². The van der Waals surface area contributed by atoms with Crippen LogP contribution in [0.15, 0.2) is 22.7 Å². The third-order valence-electron chi connectivity index (χ3n) is 3.68. The molecular formula is C13H14BrNO. The van der Waals surface area contributed by atoms with Crippen molar-refractivity contribution in [1.29, 1.82) is 0 Å². The monoisotopic (exact) mass is 279 g/mol. The maximum absolute atomic E-state index is 12.1. The molecule has 1 fully saturated rings. The van der Waals surface area contributed by atoms with Crippen LogP contribution in [0.25, 0.3) is 0 Å². The summed E-state index contributed by atoms with van der Waals surface area (Å²) in [5, 5.41) is 0. The molecule has 1 amide bonds. The van der Waals surface area contributed by atoms with Gasteiger partial charge in [0.25, 0.3) is 5.91 Å². The minimum absolute atomic E-state index is 0.210. The van der Waals surface area contributed by atoms with Crippen LogP contribution in [0.1, 0.15) is 29.3 Å². The Hall–Kier alpha value is -0.830. The number of benzene rings is 1. The van der Waals surface area contributed by atoms with Gasteiger partial charge in [0.2, 0.25) is 0 Å². The first-order valence-corrected chi connectivity index (χ1v) is 6.52. The fourth-order valence-corrected chi connectivity index (χ4v) is 2.84. The zero-order valence-corrected chi connectivity index (χ0v) is 10.8. The normalized spacial score (nSPS) is 27.1. The number of carbonyl (C=O) groups is 1. The van der Waals surface area contributed by atoms with Crippen molar-refractivity contribution in [3.63, 3.8) is 0 Å². The summed E-state index contributed by atoms with van der Waals surface area (Å²) in [5.41, 5.74) is 2.05. The molecule has 1 saturated carbocycles. The molecule has 3 rings (SSSR count). The molecule has 1 aliphatic carbocycles. The van der Waals surface area contributed by atoms with E-state index in [1.54, 1.807) is 0 Å². The van der Waals surface area contributed by atoms with Crippen molar-refractivity contribution in [3.05, 3.63) is 33.8 Å². The number of rotatable bonds is 2. The summed E-state index contributed by atoms with van der Waals surface area (Å²) in [6, 6.07) is 5.93. The lowest BCUT2D eigenvalue weighted by atomic mass is 10.1. The Balaban J connectivity index is 1.80. The Bertz CT molecular complexity index is 457. The van der Waals surface area contributed by atoms with Crippen LogP contribution in [-0.4, -0.2) is 17.4 Å². The van der Waals surface area contributed by atoms with Crippen molar-refractivity contribution in [2.24, 2.45) is 11.8 Å². The number of halogens is 1. The topological polar surface area (TPSA) is 20.3 Å². The molecule has 3 heteroatoms. The van der Waals surface area contributed by atoms with Gasteiger partial charge < -0.3 is 4.90 Å². The minimum atomic E-state index is 0.210. The highest BCUT2D eigenvalue weighted by molar-refractivity contribution is 9.10. The maximum Gasteiger partial charge on any atom is 0.254 e. The van der Waals surface area contributed by atoms with E-state index in [-0.39, 0.29) is 5.91 Å². The van der Waals surface area contributed by atoms with Crippen LogP contribution in [0.3, 0.4) is 0 Å². The zero-order chi connectivity index (χ0) is 11.3. The molecule has 2 unspecified atom stereocenters. The average molecular weight is 280 g/mol. The summed E-state index contributed by atoms with van der Waals surface area (Å²) in [4.78, 5) is 14.1. The van der Waals surface area contributed by atoms with Crippen LogP contribution in [0.2, 0.25) is 0 Å². The van der Waals surface area contributed by atoms with E-state index >= 15 is 0 Å². The molecule has 1 aromatic rings. The van der Waals surface area contributed by atoms with E-state index in [1.807, 2.05) is 17.0 Å². The number of fused-ring (bicyclic) bond motifs is 1. The third-order valence-corrected chi connectivity index (χ3v) is 4.17. The predicted molar refractivity (Wildman–Crippen MR) is 66.2 cm³/mol. The van der Waals surface area contributed by atoms with Crippen molar-refractivity contribution in [1.82, 2.24) is 4.90 Å². The first kappa shape index (κ1) is 10.3. The molecule has 0 N–H and O–H groups in total. The SMILES string of the molecule is CC1CC1CN1Cc2cc(Br)ccc2C1=O. The molecule has 0 saturated heterocycles.